The zero-order valence-corrected chi connectivity index (χ0v) is 9.75. The Morgan fingerprint density at radius 3 is 2.80 bits per heavy atom. The lowest BCUT2D eigenvalue weighted by atomic mass is 9.92. The van der Waals surface area contributed by atoms with E-state index < -0.39 is 0 Å². The number of carbonyl (C=O) groups is 1. The topological polar surface area (TPSA) is 41.6 Å². The Labute approximate surface area is 91.0 Å². The van der Waals surface area contributed by atoms with Gasteiger partial charge in [-0.2, -0.15) is 0 Å². The van der Waals surface area contributed by atoms with Crippen LogP contribution in [0, 0.1) is 0 Å². The molecule has 0 radical (unpaired) electrons. The van der Waals surface area contributed by atoms with Gasteiger partial charge in [0.1, 0.15) is 0 Å². The van der Waals surface area contributed by atoms with Crippen molar-refractivity contribution in [2.75, 3.05) is 13.2 Å². The summed E-state index contributed by atoms with van der Waals surface area (Å²) in [6.07, 6.45) is 2.07. The molecule has 86 valence electrons. The van der Waals surface area contributed by atoms with Crippen LogP contribution in [0.25, 0.3) is 0 Å². The van der Waals surface area contributed by atoms with Crippen molar-refractivity contribution in [2.24, 2.45) is 0 Å². The van der Waals surface area contributed by atoms with Crippen LogP contribution in [0.15, 0.2) is 0 Å². The molecule has 0 spiro atoms. The van der Waals surface area contributed by atoms with Gasteiger partial charge in [0.25, 0.3) is 0 Å². The van der Waals surface area contributed by atoms with E-state index in [0.29, 0.717) is 12.6 Å². The third kappa shape index (κ3) is 2.16. The predicted octanol–water partition coefficient (Wildman–Crippen LogP) is 0.722. The molecule has 4 heteroatoms. The molecule has 0 aromatic rings. The lowest BCUT2D eigenvalue weighted by Crippen LogP contribution is -2.50. The van der Waals surface area contributed by atoms with Crippen molar-refractivity contribution in [2.45, 2.75) is 51.4 Å². The molecular weight excluding hydrogens is 192 g/mol. The van der Waals surface area contributed by atoms with Crippen LogP contribution in [0.4, 0.5) is 0 Å². The van der Waals surface area contributed by atoms with Crippen LogP contribution in [-0.2, 0) is 9.53 Å². The zero-order chi connectivity index (χ0) is 11.1. The van der Waals surface area contributed by atoms with E-state index in [-0.39, 0.29) is 17.7 Å². The number of hydrogen-bond acceptors (Lipinski definition) is 3. The Morgan fingerprint density at radius 2 is 2.27 bits per heavy atom. The van der Waals surface area contributed by atoms with Gasteiger partial charge < -0.3 is 9.64 Å². The second-order valence-corrected chi connectivity index (χ2v) is 5.11. The molecule has 2 unspecified atom stereocenters. The third-order valence-electron chi connectivity index (χ3n) is 3.32. The minimum absolute atomic E-state index is 0.0918. The standard InChI is InChI=1S/C11H20N2O2/c1-8-12-7-10(14)13(8)9-4-5-15-11(2,3)6-9/h8-9,12H,4-7H2,1-3H3. The Hall–Kier alpha value is -0.610. The van der Waals surface area contributed by atoms with E-state index in [2.05, 4.69) is 19.2 Å². The molecule has 0 saturated carbocycles. The molecule has 2 fully saturated rings. The minimum Gasteiger partial charge on any atom is -0.375 e. The summed E-state index contributed by atoms with van der Waals surface area (Å²) >= 11 is 0. The maximum atomic E-state index is 11.7. The van der Waals surface area contributed by atoms with E-state index >= 15 is 0 Å². The molecule has 0 bridgehead atoms. The molecule has 1 N–H and O–H groups in total. The predicted molar refractivity (Wildman–Crippen MR) is 57.4 cm³/mol. The second kappa shape index (κ2) is 3.76. The molecule has 2 aliphatic heterocycles. The summed E-state index contributed by atoms with van der Waals surface area (Å²) in [5.41, 5.74) is -0.0918. The van der Waals surface area contributed by atoms with Crippen LogP contribution >= 0.6 is 0 Å². The molecular formula is C11H20N2O2. The van der Waals surface area contributed by atoms with E-state index in [1.54, 1.807) is 0 Å². The van der Waals surface area contributed by atoms with Gasteiger partial charge in [-0.15, -0.1) is 0 Å². The van der Waals surface area contributed by atoms with E-state index in [9.17, 15) is 4.79 Å². The van der Waals surface area contributed by atoms with Crippen molar-refractivity contribution in [1.29, 1.82) is 0 Å². The fourth-order valence-corrected chi connectivity index (χ4v) is 2.60. The van der Waals surface area contributed by atoms with Crippen molar-refractivity contribution in [1.82, 2.24) is 10.2 Å². The highest BCUT2D eigenvalue weighted by atomic mass is 16.5. The molecule has 2 heterocycles. The highest BCUT2D eigenvalue weighted by Crippen LogP contribution is 2.29. The van der Waals surface area contributed by atoms with Gasteiger partial charge in [-0.25, -0.2) is 0 Å². The molecule has 2 atom stereocenters. The second-order valence-electron chi connectivity index (χ2n) is 5.11. The van der Waals surface area contributed by atoms with Crippen LogP contribution < -0.4 is 5.32 Å². The highest BCUT2D eigenvalue weighted by molar-refractivity contribution is 5.80. The van der Waals surface area contributed by atoms with E-state index in [0.717, 1.165) is 19.4 Å². The first-order valence-electron chi connectivity index (χ1n) is 5.68. The molecule has 2 aliphatic rings. The van der Waals surface area contributed by atoms with Gasteiger partial charge >= 0.3 is 0 Å². The van der Waals surface area contributed by atoms with Crippen molar-refractivity contribution < 1.29 is 9.53 Å². The number of ether oxygens (including phenoxy) is 1. The Bertz CT molecular complexity index is 265. The first kappa shape index (κ1) is 10.9. The van der Waals surface area contributed by atoms with Crippen LogP contribution in [-0.4, -0.2) is 41.8 Å². The molecule has 0 aromatic carbocycles. The van der Waals surface area contributed by atoms with Crippen molar-refractivity contribution in [3.8, 4) is 0 Å². The fraction of sp³-hybridized carbons (Fsp3) is 0.909. The van der Waals surface area contributed by atoms with Gasteiger partial charge in [0.05, 0.1) is 18.3 Å². The normalized spacial score (nSPS) is 35.9. The fourth-order valence-electron chi connectivity index (χ4n) is 2.60. The Morgan fingerprint density at radius 1 is 1.53 bits per heavy atom. The van der Waals surface area contributed by atoms with E-state index in [4.69, 9.17) is 4.74 Å². The molecule has 0 aromatic heterocycles. The average Bonchev–Trinajstić information content (AvgIpc) is 2.44. The molecule has 15 heavy (non-hydrogen) atoms. The number of hydrogen-bond donors (Lipinski definition) is 1. The van der Waals surface area contributed by atoms with Crippen LogP contribution in [0.3, 0.4) is 0 Å². The summed E-state index contributed by atoms with van der Waals surface area (Å²) in [6.45, 7) is 7.48. The maximum Gasteiger partial charge on any atom is 0.238 e. The monoisotopic (exact) mass is 212 g/mol. The van der Waals surface area contributed by atoms with Crippen LogP contribution in [0.5, 0.6) is 0 Å². The zero-order valence-electron chi connectivity index (χ0n) is 9.75. The SMILES string of the molecule is CC1NCC(=O)N1C1CCOC(C)(C)C1. The van der Waals surface area contributed by atoms with Crippen molar-refractivity contribution in [3.05, 3.63) is 0 Å². The number of nitrogens with zero attached hydrogens (tertiary/aromatic N) is 1. The summed E-state index contributed by atoms with van der Waals surface area (Å²) in [4.78, 5) is 13.7. The van der Waals surface area contributed by atoms with Gasteiger partial charge in [0.15, 0.2) is 0 Å². The number of amides is 1. The first-order chi connectivity index (χ1) is 6.99. The molecule has 1 amide bonds. The summed E-state index contributed by atoms with van der Waals surface area (Å²) in [7, 11) is 0. The van der Waals surface area contributed by atoms with E-state index in [1.165, 1.54) is 0 Å². The van der Waals surface area contributed by atoms with Crippen molar-refractivity contribution >= 4 is 5.91 Å². The van der Waals surface area contributed by atoms with Crippen molar-refractivity contribution in [3.63, 3.8) is 0 Å². The lowest BCUT2D eigenvalue weighted by Gasteiger charge is -2.41. The van der Waals surface area contributed by atoms with Gasteiger partial charge in [0, 0.05) is 12.6 Å². The molecule has 2 rings (SSSR count). The third-order valence-corrected chi connectivity index (χ3v) is 3.32. The highest BCUT2D eigenvalue weighted by Gasteiger charge is 2.38. The van der Waals surface area contributed by atoms with Gasteiger partial charge in [0.2, 0.25) is 5.91 Å². The van der Waals surface area contributed by atoms with Crippen LogP contribution in [0.1, 0.15) is 33.6 Å². The quantitative estimate of drug-likeness (QED) is 0.696. The number of nitrogens with one attached hydrogen (secondary N) is 1. The maximum absolute atomic E-state index is 11.7. The average molecular weight is 212 g/mol. The van der Waals surface area contributed by atoms with Gasteiger partial charge in [-0.1, -0.05) is 0 Å². The van der Waals surface area contributed by atoms with Gasteiger partial charge in [-0.3, -0.25) is 10.1 Å². The Kier molecular flexibility index (Phi) is 2.73. The minimum atomic E-state index is -0.0918. The number of rotatable bonds is 1. The summed E-state index contributed by atoms with van der Waals surface area (Å²) in [5, 5.41) is 3.18. The van der Waals surface area contributed by atoms with Crippen LogP contribution in [0.2, 0.25) is 0 Å². The summed E-state index contributed by atoms with van der Waals surface area (Å²) in [6, 6.07) is 0.339. The Balaban J connectivity index is 2.06. The summed E-state index contributed by atoms with van der Waals surface area (Å²) in [5.74, 6) is 0.227. The van der Waals surface area contributed by atoms with E-state index in [1.807, 2.05) is 11.8 Å². The molecule has 2 saturated heterocycles. The smallest absolute Gasteiger partial charge is 0.238 e. The first-order valence-corrected chi connectivity index (χ1v) is 5.68. The summed E-state index contributed by atoms with van der Waals surface area (Å²) < 4.78 is 5.67. The van der Waals surface area contributed by atoms with Gasteiger partial charge in [-0.05, 0) is 33.6 Å². The molecule has 4 nitrogen and oxygen atoms in total. The largest absolute Gasteiger partial charge is 0.375 e. The molecule has 0 aliphatic carbocycles. The number of carbonyl (C=O) groups excluding carboxylic acids is 1. The lowest BCUT2D eigenvalue weighted by molar-refractivity contribution is -0.137.